The third kappa shape index (κ3) is 2.22. The molecule has 0 saturated heterocycles. The average Bonchev–Trinajstić information content (AvgIpc) is 2.54. The maximum Gasteiger partial charge on any atom is 0.203 e. The Bertz CT molecular complexity index is 519. The summed E-state index contributed by atoms with van der Waals surface area (Å²) in [5.74, 6) is -0.154. The lowest BCUT2D eigenvalue weighted by atomic mass is 10.1. The quantitative estimate of drug-likeness (QED) is 0.555. The Labute approximate surface area is 102 Å². The van der Waals surface area contributed by atoms with E-state index >= 15 is 0 Å². The summed E-state index contributed by atoms with van der Waals surface area (Å²) < 4.78 is 16.9. The molecule has 88 valence electrons. The van der Waals surface area contributed by atoms with Crippen LogP contribution < -0.4 is 0 Å². The van der Waals surface area contributed by atoms with Crippen molar-refractivity contribution in [3.05, 3.63) is 58.1 Å². The molecule has 0 radical (unpaired) electrons. The third-order valence-corrected chi connectivity index (χ3v) is 4.02. The van der Waals surface area contributed by atoms with Crippen LogP contribution in [0.3, 0.4) is 0 Å². The molecule has 0 bridgehead atoms. The lowest BCUT2D eigenvalue weighted by molar-refractivity contribution is -0.111. The van der Waals surface area contributed by atoms with Gasteiger partial charge in [-0.25, -0.2) is 4.21 Å². The van der Waals surface area contributed by atoms with Crippen molar-refractivity contribution in [1.29, 1.82) is 0 Å². The molecule has 17 heavy (non-hydrogen) atoms. The fourth-order valence-electron chi connectivity index (χ4n) is 1.68. The first-order chi connectivity index (χ1) is 8.25. The van der Waals surface area contributed by atoms with E-state index < -0.39 is 10.8 Å². The minimum absolute atomic E-state index is 0.154. The molecule has 3 nitrogen and oxygen atoms in total. The number of carbonyl (C=O) groups excluding carboxylic acids is 1. The highest BCUT2D eigenvalue weighted by Crippen LogP contribution is 2.32. The molecular formula is C13H12O3S. The molecule has 1 aliphatic heterocycles. The molecule has 0 N–H and O–H groups in total. The minimum Gasteiger partial charge on any atom is -0.504 e. The lowest BCUT2D eigenvalue weighted by Gasteiger charge is -1.95. The molecule has 0 saturated carbocycles. The van der Waals surface area contributed by atoms with E-state index in [4.69, 9.17) is 4.74 Å². The fraction of sp³-hybridized carbons (Fsp3) is 0.154. The number of ketones is 1. The summed E-state index contributed by atoms with van der Waals surface area (Å²) in [5.41, 5.74) is 0.561. The second kappa shape index (κ2) is 5.10. The van der Waals surface area contributed by atoms with E-state index in [9.17, 15) is 9.00 Å². The standard InChI is InChI=1S/C13H12O3S/c1-16-9-5-8-12-13(14)10-6-3-2-4-7-11(10)17(12)15/h2-6,8-9H,7H2,1H3/b9-5+,12-8-. The number of allylic oxidation sites excluding steroid dienone is 9. The summed E-state index contributed by atoms with van der Waals surface area (Å²) in [6.07, 6.45) is 12.4. The monoisotopic (exact) mass is 248 g/mol. The second-order valence-electron chi connectivity index (χ2n) is 3.52. The number of hydrogen-bond acceptors (Lipinski definition) is 3. The van der Waals surface area contributed by atoms with Crippen molar-refractivity contribution in [1.82, 2.24) is 0 Å². The molecule has 0 amide bonds. The molecule has 0 aromatic heterocycles. The Kier molecular flexibility index (Phi) is 3.54. The van der Waals surface area contributed by atoms with Crippen molar-refractivity contribution in [3.63, 3.8) is 0 Å². The van der Waals surface area contributed by atoms with Crippen LogP contribution in [0.2, 0.25) is 0 Å². The predicted molar refractivity (Wildman–Crippen MR) is 67.3 cm³/mol. The Morgan fingerprint density at radius 3 is 3.00 bits per heavy atom. The van der Waals surface area contributed by atoms with E-state index in [0.29, 0.717) is 21.8 Å². The van der Waals surface area contributed by atoms with Crippen LogP contribution in [0, 0.1) is 0 Å². The lowest BCUT2D eigenvalue weighted by Crippen LogP contribution is -1.99. The van der Waals surface area contributed by atoms with E-state index in [-0.39, 0.29) is 5.78 Å². The minimum atomic E-state index is -1.34. The Hall–Kier alpha value is -1.68. The van der Waals surface area contributed by atoms with E-state index in [0.717, 1.165) is 0 Å². The van der Waals surface area contributed by atoms with Crippen LogP contribution in [0.5, 0.6) is 0 Å². The smallest absolute Gasteiger partial charge is 0.203 e. The van der Waals surface area contributed by atoms with Gasteiger partial charge in [-0.2, -0.15) is 0 Å². The maximum absolute atomic E-state index is 12.1. The van der Waals surface area contributed by atoms with Gasteiger partial charge in [0.25, 0.3) is 0 Å². The van der Waals surface area contributed by atoms with Gasteiger partial charge in [0.1, 0.15) is 0 Å². The number of ether oxygens (including phenoxy) is 1. The summed E-state index contributed by atoms with van der Waals surface area (Å²) in [5, 5.41) is 0. The average molecular weight is 248 g/mol. The van der Waals surface area contributed by atoms with Crippen molar-refractivity contribution >= 4 is 16.6 Å². The first-order valence-electron chi connectivity index (χ1n) is 5.18. The van der Waals surface area contributed by atoms with Gasteiger partial charge in [-0.05, 0) is 12.2 Å². The van der Waals surface area contributed by atoms with E-state index in [1.807, 2.05) is 12.2 Å². The van der Waals surface area contributed by atoms with Gasteiger partial charge in [-0.3, -0.25) is 4.79 Å². The first kappa shape index (κ1) is 11.8. The zero-order valence-electron chi connectivity index (χ0n) is 9.38. The Morgan fingerprint density at radius 2 is 2.24 bits per heavy atom. The van der Waals surface area contributed by atoms with Crippen LogP contribution in [-0.2, 0) is 20.3 Å². The highest BCUT2D eigenvalue weighted by atomic mass is 32.2. The molecule has 2 aliphatic rings. The SMILES string of the molecule is CO/C=C/C=C1/C(=O)C2=C(CC=CC=C2)S1=O. The molecule has 0 aromatic rings. The van der Waals surface area contributed by atoms with Gasteiger partial charge in [0.05, 0.1) is 29.1 Å². The van der Waals surface area contributed by atoms with Crippen molar-refractivity contribution in [2.75, 3.05) is 7.11 Å². The zero-order valence-corrected chi connectivity index (χ0v) is 10.2. The molecule has 0 fully saturated rings. The number of hydrogen-bond donors (Lipinski definition) is 0. The summed E-state index contributed by atoms with van der Waals surface area (Å²) in [7, 11) is 0.177. The van der Waals surface area contributed by atoms with Crippen molar-refractivity contribution in [3.8, 4) is 0 Å². The molecule has 1 heterocycles. The molecule has 1 atom stereocenters. The predicted octanol–water partition coefficient (Wildman–Crippen LogP) is 2.13. The molecule has 0 aromatic carbocycles. The fourth-order valence-corrected chi connectivity index (χ4v) is 3.03. The van der Waals surface area contributed by atoms with Crippen molar-refractivity contribution < 1.29 is 13.7 Å². The number of rotatable bonds is 2. The third-order valence-electron chi connectivity index (χ3n) is 2.47. The molecule has 1 unspecified atom stereocenters. The summed E-state index contributed by atoms with van der Waals surface area (Å²) in [6.45, 7) is 0. The Morgan fingerprint density at radius 1 is 1.41 bits per heavy atom. The van der Waals surface area contributed by atoms with Crippen LogP contribution in [0.4, 0.5) is 0 Å². The molecule has 1 aliphatic carbocycles. The second-order valence-corrected chi connectivity index (χ2v) is 4.99. The van der Waals surface area contributed by atoms with Crippen molar-refractivity contribution in [2.24, 2.45) is 0 Å². The van der Waals surface area contributed by atoms with E-state index in [1.54, 1.807) is 24.3 Å². The largest absolute Gasteiger partial charge is 0.504 e. The molecule has 2 rings (SSSR count). The van der Waals surface area contributed by atoms with Crippen LogP contribution in [-0.4, -0.2) is 17.1 Å². The molecular weight excluding hydrogens is 236 g/mol. The van der Waals surface area contributed by atoms with E-state index in [2.05, 4.69) is 0 Å². The summed E-state index contributed by atoms with van der Waals surface area (Å²) in [6, 6.07) is 0. The first-order valence-corrected chi connectivity index (χ1v) is 6.33. The van der Waals surface area contributed by atoms with Gasteiger partial charge in [-0.15, -0.1) is 0 Å². The van der Waals surface area contributed by atoms with Crippen LogP contribution in [0.15, 0.2) is 58.1 Å². The van der Waals surface area contributed by atoms with E-state index in [1.165, 1.54) is 13.4 Å². The molecule has 4 heteroatoms. The van der Waals surface area contributed by atoms with Crippen LogP contribution in [0.25, 0.3) is 0 Å². The van der Waals surface area contributed by atoms with Crippen LogP contribution >= 0.6 is 0 Å². The molecule has 0 spiro atoms. The summed E-state index contributed by atoms with van der Waals surface area (Å²) >= 11 is 0. The van der Waals surface area contributed by atoms with Gasteiger partial charge >= 0.3 is 0 Å². The highest BCUT2D eigenvalue weighted by molar-refractivity contribution is 7.94. The van der Waals surface area contributed by atoms with Gasteiger partial charge in [-0.1, -0.05) is 24.3 Å². The number of carbonyl (C=O) groups is 1. The number of Topliss-reactive ketones (excluding diaryl/α,β-unsaturated/α-hetero) is 1. The van der Waals surface area contributed by atoms with Gasteiger partial charge < -0.3 is 4.74 Å². The number of methoxy groups -OCH3 is 1. The van der Waals surface area contributed by atoms with Gasteiger partial charge in [0.2, 0.25) is 5.78 Å². The van der Waals surface area contributed by atoms with Crippen molar-refractivity contribution in [2.45, 2.75) is 6.42 Å². The van der Waals surface area contributed by atoms with Gasteiger partial charge in [0.15, 0.2) is 0 Å². The summed E-state index contributed by atoms with van der Waals surface area (Å²) in [4.78, 5) is 13.0. The van der Waals surface area contributed by atoms with Crippen LogP contribution in [0.1, 0.15) is 6.42 Å². The highest BCUT2D eigenvalue weighted by Gasteiger charge is 2.32. The van der Waals surface area contributed by atoms with Gasteiger partial charge in [0, 0.05) is 16.9 Å². The topological polar surface area (TPSA) is 43.4 Å². The normalized spacial score (nSPS) is 25.8. The maximum atomic E-state index is 12.1. The zero-order chi connectivity index (χ0) is 12.3. The Balaban J connectivity index is 2.35.